The highest BCUT2D eigenvalue weighted by atomic mass is 16.5. The highest BCUT2D eigenvalue weighted by molar-refractivity contribution is 6.11. The average molecular weight is 243 g/mol. The quantitative estimate of drug-likeness (QED) is 0.774. The first-order valence-corrected chi connectivity index (χ1v) is 6.05. The van der Waals surface area contributed by atoms with E-state index >= 15 is 0 Å². The molecule has 0 saturated heterocycles. The van der Waals surface area contributed by atoms with Crippen LogP contribution in [0.1, 0.15) is 30.6 Å². The number of fused-ring (bicyclic) bond motifs is 1. The number of Topliss-reactive ketones (excluding diaryl/α,β-unsaturated/α-hetero) is 1. The molecule has 1 aromatic heterocycles. The molecule has 2 aromatic rings. The number of ether oxygens (including phenoxy) is 1. The number of methoxy groups -OCH3 is 1. The molecule has 18 heavy (non-hydrogen) atoms. The molecule has 0 N–H and O–H groups in total. The molecule has 0 spiro atoms. The Hall–Kier alpha value is -1.74. The van der Waals surface area contributed by atoms with Gasteiger partial charge >= 0.3 is 0 Å². The summed E-state index contributed by atoms with van der Waals surface area (Å²) in [6.45, 7) is 3.76. The van der Waals surface area contributed by atoms with Crippen molar-refractivity contribution in [3.8, 4) is 0 Å². The Balaban J connectivity index is 2.58. The van der Waals surface area contributed by atoms with E-state index in [1.54, 1.807) is 19.5 Å². The lowest BCUT2D eigenvalue weighted by atomic mass is 9.90. The van der Waals surface area contributed by atoms with E-state index in [4.69, 9.17) is 4.74 Å². The van der Waals surface area contributed by atoms with Gasteiger partial charge in [-0.3, -0.25) is 9.78 Å². The van der Waals surface area contributed by atoms with Crippen LogP contribution in [-0.4, -0.2) is 23.5 Å². The van der Waals surface area contributed by atoms with Crippen LogP contribution < -0.4 is 0 Å². The molecule has 0 saturated carbocycles. The van der Waals surface area contributed by atoms with Gasteiger partial charge in [-0.1, -0.05) is 31.2 Å². The number of carbonyl (C=O) groups excluding carboxylic acids is 1. The molecule has 0 radical (unpaired) electrons. The molecule has 1 unspecified atom stereocenters. The molecular weight excluding hydrogens is 226 g/mol. The molecule has 0 fully saturated rings. The topological polar surface area (TPSA) is 39.2 Å². The molecule has 1 atom stereocenters. The van der Waals surface area contributed by atoms with E-state index in [9.17, 15) is 4.79 Å². The van der Waals surface area contributed by atoms with Gasteiger partial charge in [0.2, 0.25) is 0 Å². The van der Waals surface area contributed by atoms with Gasteiger partial charge in [0, 0.05) is 30.5 Å². The Labute approximate surface area is 107 Å². The first-order chi connectivity index (χ1) is 8.62. The standard InChI is InChI=1S/C15H17NO2/c1-4-15(2,18-3)14(17)13-10-16-9-11-7-5-6-8-12(11)13/h5-10H,4H2,1-3H3. The van der Waals surface area contributed by atoms with E-state index < -0.39 is 5.60 Å². The minimum Gasteiger partial charge on any atom is -0.370 e. The molecule has 3 nitrogen and oxygen atoms in total. The Kier molecular flexibility index (Phi) is 3.43. The Morgan fingerprint density at radius 1 is 1.33 bits per heavy atom. The van der Waals surface area contributed by atoms with Gasteiger partial charge in [-0.2, -0.15) is 0 Å². The molecule has 1 heterocycles. The SMILES string of the molecule is CCC(C)(OC)C(=O)c1cncc2ccccc12. The number of nitrogens with zero attached hydrogens (tertiary/aromatic N) is 1. The summed E-state index contributed by atoms with van der Waals surface area (Å²) in [5.41, 5.74) is -0.162. The third kappa shape index (κ3) is 2.02. The van der Waals surface area contributed by atoms with E-state index in [1.807, 2.05) is 38.1 Å². The van der Waals surface area contributed by atoms with Crippen molar-refractivity contribution in [2.75, 3.05) is 7.11 Å². The molecule has 0 aliphatic carbocycles. The number of rotatable bonds is 4. The van der Waals surface area contributed by atoms with Crippen LogP contribution in [0.15, 0.2) is 36.7 Å². The molecule has 0 amide bonds. The third-order valence-corrected chi connectivity index (χ3v) is 3.52. The van der Waals surface area contributed by atoms with Crippen molar-refractivity contribution in [1.82, 2.24) is 4.98 Å². The van der Waals surface area contributed by atoms with Gasteiger partial charge < -0.3 is 4.74 Å². The summed E-state index contributed by atoms with van der Waals surface area (Å²) in [6, 6.07) is 7.76. The number of hydrogen-bond donors (Lipinski definition) is 0. The van der Waals surface area contributed by atoms with Crippen molar-refractivity contribution in [2.24, 2.45) is 0 Å². The lowest BCUT2D eigenvalue weighted by molar-refractivity contribution is 0.0107. The smallest absolute Gasteiger partial charge is 0.196 e. The fourth-order valence-electron chi connectivity index (χ4n) is 1.98. The summed E-state index contributed by atoms with van der Waals surface area (Å²) in [4.78, 5) is 16.7. The van der Waals surface area contributed by atoms with Crippen LogP contribution in [0.4, 0.5) is 0 Å². The second kappa shape index (κ2) is 4.86. The van der Waals surface area contributed by atoms with Crippen molar-refractivity contribution in [2.45, 2.75) is 25.9 Å². The number of aromatic nitrogens is 1. The largest absolute Gasteiger partial charge is 0.370 e. The fraction of sp³-hybridized carbons (Fsp3) is 0.333. The molecule has 0 aliphatic heterocycles. The molecule has 2 rings (SSSR count). The van der Waals surface area contributed by atoms with E-state index in [-0.39, 0.29) is 5.78 Å². The van der Waals surface area contributed by atoms with Crippen LogP contribution in [0.5, 0.6) is 0 Å². The first-order valence-electron chi connectivity index (χ1n) is 6.05. The number of ketones is 1. The van der Waals surface area contributed by atoms with Crippen molar-refractivity contribution in [3.63, 3.8) is 0 Å². The molecule has 3 heteroatoms. The van der Waals surface area contributed by atoms with Crippen molar-refractivity contribution in [1.29, 1.82) is 0 Å². The lowest BCUT2D eigenvalue weighted by Gasteiger charge is -2.25. The summed E-state index contributed by atoms with van der Waals surface area (Å²) >= 11 is 0. The highest BCUT2D eigenvalue weighted by Gasteiger charge is 2.32. The summed E-state index contributed by atoms with van der Waals surface area (Å²) in [7, 11) is 1.57. The predicted molar refractivity (Wildman–Crippen MR) is 71.8 cm³/mol. The minimum atomic E-state index is -0.786. The van der Waals surface area contributed by atoms with Crippen LogP contribution in [0.25, 0.3) is 10.8 Å². The van der Waals surface area contributed by atoms with E-state index in [0.29, 0.717) is 12.0 Å². The molecule has 0 bridgehead atoms. The van der Waals surface area contributed by atoms with E-state index in [2.05, 4.69) is 4.98 Å². The Morgan fingerprint density at radius 2 is 2.06 bits per heavy atom. The number of hydrogen-bond acceptors (Lipinski definition) is 3. The van der Waals surface area contributed by atoms with Gasteiger partial charge in [-0.25, -0.2) is 0 Å². The average Bonchev–Trinajstić information content (AvgIpc) is 2.45. The van der Waals surface area contributed by atoms with Crippen LogP contribution in [0, 0.1) is 0 Å². The third-order valence-electron chi connectivity index (χ3n) is 3.52. The molecule has 94 valence electrons. The Bertz CT molecular complexity index is 568. The number of carbonyl (C=O) groups is 1. The van der Waals surface area contributed by atoms with Crippen molar-refractivity contribution in [3.05, 3.63) is 42.2 Å². The van der Waals surface area contributed by atoms with Crippen LogP contribution in [0.3, 0.4) is 0 Å². The highest BCUT2D eigenvalue weighted by Crippen LogP contribution is 2.25. The summed E-state index contributed by atoms with van der Waals surface area (Å²) in [5.74, 6) is -0.0169. The molecule has 1 aromatic carbocycles. The summed E-state index contributed by atoms with van der Waals surface area (Å²) < 4.78 is 5.37. The van der Waals surface area contributed by atoms with Gasteiger partial charge in [0.05, 0.1) is 0 Å². The van der Waals surface area contributed by atoms with Crippen LogP contribution in [0.2, 0.25) is 0 Å². The number of pyridine rings is 1. The minimum absolute atomic E-state index is 0.0169. The lowest BCUT2D eigenvalue weighted by Crippen LogP contribution is -2.36. The maximum absolute atomic E-state index is 12.6. The second-order valence-electron chi connectivity index (χ2n) is 4.53. The van der Waals surface area contributed by atoms with Crippen LogP contribution >= 0.6 is 0 Å². The summed E-state index contributed by atoms with van der Waals surface area (Å²) in [5, 5.41) is 1.90. The van der Waals surface area contributed by atoms with E-state index in [1.165, 1.54) is 0 Å². The van der Waals surface area contributed by atoms with Gasteiger partial charge in [0.1, 0.15) is 5.60 Å². The Morgan fingerprint density at radius 3 is 2.72 bits per heavy atom. The molecular formula is C15H17NO2. The summed E-state index contributed by atoms with van der Waals surface area (Å²) in [6.07, 6.45) is 4.02. The monoisotopic (exact) mass is 243 g/mol. The zero-order valence-corrected chi connectivity index (χ0v) is 10.9. The predicted octanol–water partition coefficient (Wildman–Crippen LogP) is 3.23. The van der Waals surface area contributed by atoms with Gasteiger partial charge in [0.25, 0.3) is 0 Å². The zero-order chi connectivity index (χ0) is 13.2. The molecule has 0 aliphatic rings. The van der Waals surface area contributed by atoms with Gasteiger partial charge in [-0.05, 0) is 18.7 Å². The van der Waals surface area contributed by atoms with E-state index in [0.717, 1.165) is 10.8 Å². The maximum Gasteiger partial charge on any atom is 0.196 e. The first kappa shape index (κ1) is 12.7. The normalized spacial score (nSPS) is 14.4. The fourth-order valence-corrected chi connectivity index (χ4v) is 1.98. The zero-order valence-electron chi connectivity index (χ0n) is 10.9. The van der Waals surface area contributed by atoms with Crippen molar-refractivity contribution >= 4 is 16.6 Å². The van der Waals surface area contributed by atoms with Gasteiger partial charge in [-0.15, -0.1) is 0 Å². The van der Waals surface area contributed by atoms with Gasteiger partial charge in [0.15, 0.2) is 5.78 Å². The maximum atomic E-state index is 12.6. The van der Waals surface area contributed by atoms with Crippen LogP contribution in [-0.2, 0) is 4.74 Å². The second-order valence-corrected chi connectivity index (χ2v) is 4.53. The van der Waals surface area contributed by atoms with Crippen molar-refractivity contribution < 1.29 is 9.53 Å². The number of benzene rings is 1.